The lowest BCUT2D eigenvalue weighted by Gasteiger charge is -2.26. The number of morpholine rings is 1. The zero-order chi connectivity index (χ0) is 13.2. The number of hydrogen-bond acceptors (Lipinski definition) is 3. The summed E-state index contributed by atoms with van der Waals surface area (Å²) in [6, 6.07) is 8.14. The summed E-state index contributed by atoms with van der Waals surface area (Å²) >= 11 is 0. The predicted octanol–water partition coefficient (Wildman–Crippen LogP) is 1.67. The van der Waals surface area contributed by atoms with Crippen LogP contribution in [0.15, 0.2) is 29.1 Å². The standard InChI is InChI=1S/C15H18N2O2/c1-11-2-3-12-9-13(15(18)16-14(12)8-11)10-17-4-6-19-7-5-17/h2-3,8-9H,4-7,10H2,1H3,(H,16,18). The van der Waals surface area contributed by atoms with E-state index >= 15 is 0 Å². The van der Waals surface area contributed by atoms with Crippen LogP contribution in [0, 0.1) is 6.92 Å². The van der Waals surface area contributed by atoms with E-state index in [4.69, 9.17) is 4.74 Å². The van der Waals surface area contributed by atoms with Gasteiger partial charge in [-0.2, -0.15) is 0 Å². The van der Waals surface area contributed by atoms with Crippen LogP contribution in [0.1, 0.15) is 11.1 Å². The fourth-order valence-corrected chi connectivity index (χ4v) is 2.48. The number of aromatic nitrogens is 1. The van der Waals surface area contributed by atoms with Gasteiger partial charge in [0.05, 0.1) is 13.2 Å². The maximum Gasteiger partial charge on any atom is 0.252 e. The Morgan fingerprint density at radius 1 is 1.26 bits per heavy atom. The summed E-state index contributed by atoms with van der Waals surface area (Å²) in [6.45, 7) is 6.02. The normalized spacial score (nSPS) is 16.9. The second kappa shape index (κ2) is 5.15. The van der Waals surface area contributed by atoms with Crippen LogP contribution < -0.4 is 5.56 Å². The number of nitrogens with zero attached hydrogens (tertiary/aromatic N) is 1. The molecule has 1 aliphatic heterocycles. The van der Waals surface area contributed by atoms with Gasteiger partial charge in [0.25, 0.3) is 5.56 Å². The third-order valence-electron chi connectivity index (χ3n) is 3.58. The third kappa shape index (κ3) is 2.69. The van der Waals surface area contributed by atoms with Crippen LogP contribution in [0.25, 0.3) is 10.9 Å². The molecule has 4 nitrogen and oxygen atoms in total. The van der Waals surface area contributed by atoms with Gasteiger partial charge in [-0.3, -0.25) is 9.69 Å². The topological polar surface area (TPSA) is 45.3 Å². The van der Waals surface area contributed by atoms with E-state index in [1.54, 1.807) is 0 Å². The molecule has 1 N–H and O–H groups in total. The van der Waals surface area contributed by atoms with Gasteiger partial charge in [0.15, 0.2) is 0 Å². The molecule has 0 unspecified atom stereocenters. The summed E-state index contributed by atoms with van der Waals surface area (Å²) < 4.78 is 5.32. The molecule has 0 atom stereocenters. The number of fused-ring (bicyclic) bond motifs is 1. The number of rotatable bonds is 2. The molecular weight excluding hydrogens is 240 g/mol. The number of pyridine rings is 1. The van der Waals surface area contributed by atoms with E-state index < -0.39 is 0 Å². The van der Waals surface area contributed by atoms with E-state index in [-0.39, 0.29) is 5.56 Å². The van der Waals surface area contributed by atoms with Gasteiger partial charge in [-0.05, 0) is 30.0 Å². The van der Waals surface area contributed by atoms with Crippen molar-refractivity contribution in [2.75, 3.05) is 26.3 Å². The summed E-state index contributed by atoms with van der Waals surface area (Å²) in [7, 11) is 0. The Balaban J connectivity index is 1.92. The van der Waals surface area contributed by atoms with Gasteiger partial charge in [0.1, 0.15) is 0 Å². The highest BCUT2D eigenvalue weighted by molar-refractivity contribution is 5.79. The van der Waals surface area contributed by atoms with Gasteiger partial charge in [-0.25, -0.2) is 0 Å². The van der Waals surface area contributed by atoms with Crippen molar-refractivity contribution in [2.24, 2.45) is 0 Å². The number of benzene rings is 1. The van der Waals surface area contributed by atoms with Crippen LogP contribution in [-0.2, 0) is 11.3 Å². The van der Waals surface area contributed by atoms with Gasteiger partial charge in [0.2, 0.25) is 0 Å². The molecule has 1 aliphatic rings. The zero-order valence-electron chi connectivity index (χ0n) is 11.1. The molecule has 100 valence electrons. The Kier molecular flexibility index (Phi) is 3.36. The van der Waals surface area contributed by atoms with Gasteiger partial charge in [0, 0.05) is 30.7 Å². The number of hydrogen-bond donors (Lipinski definition) is 1. The minimum absolute atomic E-state index is 0.0181. The van der Waals surface area contributed by atoms with Crippen molar-refractivity contribution < 1.29 is 4.74 Å². The lowest BCUT2D eigenvalue weighted by molar-refractivity contribution is 0.0340. The van der Waals surface area contributed by atoms with Crippen molar-refractivity contribution >= 4 is 10.9 Å². The van der Waals surface area contributed by atoms with E-state index in [9.17, 15) is 4.79 Å². The lowest BCUT2D eigenvalue weighted by atomic mass is 10.1. The molecule has 0 amide bonds. The van der Waals surface area contributed by atoms with Crippen molar-refractivity contribution in [1.82, 2.24) is 9.88 Å². The molecule has 0 aliphatic carbocycles. The number of aromatic amines is 1. The van der Waals surface area contributed by atoms with E-state index in [2.05, 4.69) is 22.0 Å². The number of aryl methyl sites for hydroxylation is 1. The predicted molar refractivity (Wildman–Crippen MR) is 75.4 cm³/mol. The first-order chi connectivity index (χ1) is 9.22. The molecule has 1 aromatic heterocycles. The summed E-state index contributed by atoms with van der Waals surface area (Å²) in [6.07, 6.45) is 0. The molecule has 4 heteroatoms. The third-order valence-corrected chi connectivity index (χ3v) is 3.58. The van der Waals surface area contributed by atoms with Crippen LogP contribution in [0.2, 0.25) is 0 Å². The fourth-order valence-electron chi connectivity index (χ4n) is 2.48. The first-order valence-corrected chi connectivity index (χ1v) is 6.65. The smallest absolute Gasteiger partial charge is 0.252 e. The Labute approximate surface area is 112 Å². The van der Waals surface area contributed by atoms with E-state index in [0.717, 1.165) is 48.3 Å². The Hall–Kier alpha value is -1.65. The first kappa shape index (κ1) is 12.4. The highest BCUT2D eigenvalue weighted by atomic mass is 16.5. The molecule has 3 rings (SSSR count). The minimum atomic E-state index is 0.0181. The summed E-state index contributed by atoms with van der Waals surface area (Å²) in [5.41, 5.74) is 2.92. The average molecular weight is 258 g/mol. The average Bonchev–Trinajstić information content (AvgIpc) is 2.41. The Morgan fingerprint density at radius 2 is 2.05 bits per heavy atom. The monoisotopic (exact) mass is 258 g/mol. The molecule has 0 spiro atoms. The van der Waals surface area contributed by atoms with Gasteiger partial charge >= 0.3 is 0 Å². The molecule has 1 saturated heterocycles. The second-order valence-electron chi connectivity index (χ2n) is 5.10. The van der Waals surface area contributed by atoms with Gasteiger partial charge in [-0.15, -0.1) is 0 Å². The molecule has 0 saturated carbocycles. The summed E-state index contributed by atoms with van der Waals surface area (Å²) in [4.78, 5) is 17.3. The zero-order valence-corrected chi connectivity index (χ0v) is 11.1. The van der Waals surface area contributed by atoms with Crippen LogP contribution in [0.4, 0.5) is 0 Å². The quantitative estimate of drug-likeness (QED) is 0.891. The fraction of sp³-hybridized carbons (Fsp3) is 0.400. The van der Waals surface area contributed by atoms with Crippen LogP contribution >= 0.6 is 0 Å². The summed E-state index contributed by atoms with van der Waals surface area (Å²) in [5, 5.41) is 1.09. The summed E-state index contributed by atoms with van der Waals surface area (Å²) in [5.74, 6) is 0. The molecule has 2 heterocycles. The molecule has 0 bridgehead atoms. The highest BCUT2D eigenvalue weighted by Gasteiger charge is 2.13. The lowest BCUT2D eigenvalue weighted by Crippen LogP contribution is -2.37. The van der Waals surface area contributed by atoms with Crippen molar-refractivity contribution in [1.29, 1.82) is 0 Å². The molecular formula is C15H18N2O2. The number of H-pyrrole nitrogens is 1. The maximum absolute atomic E-state index is 12.1. The SMILES string of the molecule is Cc1ccc2cc(CN3CCOCC3)c(=O)[nH]c2c1. The van der Waals surface area contributed by atoms with Crippen molar-refractivity contribution in [3.05, 3.63) is 45.7 Å². The minimum Gasteiger partial charge on any atom is -0.379 e. The molecule has 1 fully saturated rings. The van der Waals surface area contributed by atoms with Crippen molar-refractivity contribution in [3.63, 3.8) is 0 Å². The highest BCUT2D eigenvalue weighted by Crippen LogP contribution is 2.14. The van der Waals surface area contributed by atoms with E-state index in [1.165, 1.54) is 0 Å². The largest absolute Gasteiger partial charge is 0.379 e. The van der Waals surface area contributed by atoms with Crippen LogP contribution in [0.3, 0.4) is 0 Å². The number of nitrogens with one attached hydrogen (secondary N) is 1. The maximum atomic E-state index is 12.1. The van der Waals surface area contributed by atoms with Crippen molar-refractivity contribution in [2.45, 2.75) is 13.5 Å². The van der Waals surface area contributed by atoms with E-state index in [0.29, 0.717) is 6.54 Å². The molecule has 19 heavy (non-hydrogen) atoms. The van der Waals surface area contributed by atoms with E-state index in [1.807, 2.05) is 19.1 Å². The van der Waals surface area contributed by atoms with Crippen LogP contribution in [0.5, 0.6) is 0 Å². The first-order valence-electron chi connectivity index (χ1n) is 6.65. The van der Waals surface area contributed by atoms with Gasteiger partial charge < -0.3 is 9.72 Å². The van der Waals surface area contributed by atoms with Gasteiger partial charge in [-0.1, -0.05) is 12.1 Å². The molecule has 2 aromatic rings. The second-order valence-corrected chi connectivity index (χ2v) is 5.10. The van der Waals surface area contributed by atoms with Crippen LogP contribution in [-0.4, -0.2) is 36.2 Å². The Morgan fingerprint density at radius 3 is 2.84 bits per heavy atom. The van der Waals surface area contributed by atoms with Crippen molar-refractivity contribution in [3.8, 4) is 0 Å². The number of ether oxygens (including phenoxy) is 1. The molecule has 1 aromatic carbocycles. The molecule has 0 radical (unpaired) electrons. The Bertz CT molecular complexity index is 642.